The highest BCUT2D eigenvalue weighted by molar-refractivity contribution is 6.30. The van der Waals surface area contributed by atoms with Crippen molar-refractivity contribution in [1.29, 1.82) is 0 Å². The lowest BCUT2D eigenvalue weighted by Gasteiger charge is -2.41. The summed E-state index contributed by atoms with van der Waals surface area (Å²) in [4.78, 5) is 14.1. The van der Waals surface area contributed by atoms with Crippen LogP contribution >= 0.6 is 11.6 Å². The van der Waals surface area contributed by atoms with Crippen LogP contribution in [0.1, 0.15) is 39.2 Å². The topological polar surface area (TPSA) is 42.1 Å². The van der Waals surface area contributed by atoms with E-state index in [0.29, 0.717) is 13.1 Å². The lowest BCUT2D eigenvalue weighted by molar-refractivity contribution is 0.0146. The fraction of sp³-hybridized carbons (Fsp3) is 0.611. The number of nitrogens with zero attached hydrogens (tertiary/aromatic N) is 1. The SMILES string of the molecule is CC(C)(C)OC(=O)N1CCC(c2ccc(Cl)cc2)(C2CO2)CC1. The minimum absolute atomic E-state index is 0.0108. The van der Waals surface area contributed by atoms with Crippen LogP contribution in [0.25, 0.3) is 0 Å². The van der Waals surface area contributed by atoms with Crippen LogP contribution in [0.4, 0.5) is 4.79 Å². The van der Waals surface area contributed by atoms with Crippen LogP contribution in [0.3, 0.4) is 0 Å². The van der Waals surface area contributed by atoms with Crippen molar-refractivity contribution in [3.05, 3.63) is 34.9 Å². The number of hydrogen-bond donors (Lipinski definition) is 0. The number of piperidine rings is 1. The molecule has 2 aliphatic heterocycles. The van der Waals surface area contributed by atoms with Crippen LogP contribution in [0.5, 0.6) is 0 Å². The van der Waals surface area contributed by atoms with E-state index in [1.54, 1.807) is 0 Å². The average molecular weight is 338 g/mol. The number of benzene rings is 1. The van der Waals surface area contributed by atoms with Crippen LogP contribution in [-0.2, 0) is 14.9 Å². The number of carbonyl (C=O) groups is 1. The first-order valence-electron chi connectivity index (χ1n) is 8.16. The molecule has 4 nitrogen and oxygen atoms in total. The monoisotopic (exact) mass is 337 g/mol. The summed E-state index contributed by atoms with van der Waals surface area (Å²) < 4.78 is 11.1. The molecule has 3 rings (SSSR count). The predicted molar refractivity (Wildman–Crippen MR) is 89.9 cm³/mol. The van der Waals surface area contributed by atoms with Gasteiger partial charge in [-0.3, -0.25) is 0 Å². The lowest BCUT2D eigenvalue weighted by atomic mass is 9.70. The first-order valence-corrected chi connectivity index (χ1v) is 8.54. The van der Waals surface area contributed by atoms with Gasteiger partial charge in [-0.05, 0) is 51.3 Å². The molecule has 0 N–H and O–H groups in total. The molecule has 0 radical (unpaired) electrons. The summed E-state index contributed by atoms with van der Waals surface area (Å²) in [5.41, 5.74) is 0.790. The molecular formula is C18H24ClNO3. The van der Waals surface area contributed by atoms with Gasteiger partial charge < -0.3 is 14.4 Å². The van der Waals surface area contributed by atoms with Gasteiger partial charge in [-0.25, -0.2) is 4.79 Å². The maximum absolute atomic E-state index is 12.2. The number of hydrogen-bond acceptors (Lipinski definition) is 3. The van der Waals surface area contributed by atoms with Crippen LogP contribution in [0.2, 0.25) is 5.02 Å². The highest BCUT2D eigenvalue weighted by Crippen LogP contribution is 2.45. The fourth-order valence-electron chi connectivity index (χ4n) is 3.36. The molecule has 1 amide bonds. The molecular weight excluding hydrogens is 314 g/mol. The highest BCUT2D eigenvalue weighted by Gasteiger charge is 2.50. The van der Waals surface area contributed by atoms with Crippen molar-refractivity contribution in [1.82, 2.24) is 4.90 Å². The third kappa shape index (κ3) is 3.64. The second kappa shape index (κ2) is 5.99. The van der Waals surface area contributed by atoms with Gasteiger partial charge in [0.05, 0.1) is 12.7 Å². The number of amides is 1. The molecule has 0 bridgehead atoms. The van der Waals surface area contributed by atoms with Crippen molar-refractivity contribution in [2.45, 2.75) is 50.7 Å². The zero-order valence-corrected chi connectivity index (χ0v) is 14.7. The van der Waals surface area contributed by atoms with Gasteiger partial charge in [-0.15, -0.1) is 0 Å². The van der Waals surface area contributed by atoms with Crippen molar-refractivity contribution < 1.29 is 14.3 Å². The van der Waals surface area contributed by atoms with Crippen molar-refractivity contribution >= 4 is 17.7 Å². The molecule has 0 saturated carbocycles. The summed E-state index contributed by atoms with van der Waals surface area (Å²) in [6.07, 6.45) is 1.81. The molecule has 2 heterocycles. The summed E-state index contributed by atoms with van der Waals surface area (Å²) in [6, 6.07) is 8.04. The Kier molecular flexibility index (Phi) is 4.32. The molecule has 2 saturated heterocycles. The van der Waals surface area contributed by atoms with E-state index in [-0.39, 0.29) is 17.6 Å². The Hall–Kier alpha value is -1.26. The first-order chi connectivity index (χ1) is 10.8. The maximum Gasteiger partial charge on any atom is 0.410 e. The van der Waals surface area contributed by atoms with E-state index >= 15 is 0 Å². The van der Waals surface area contributed by atoms with E-state index in [2.05, 4.69) is 12.1 Å². The number of epoxide rings is 1. The largest absolute Gasteiger partial charge is 0.444 e. The second-order valence-electron chi connectivity index (χ2n) is 7.45. The van der Waals surface area contributed by atoms with Gasteiger partial charge in [-0.1, -0.05) is 23.7 Å². The predicted octanol–water partition coefficient (Wildman–Crippen LogP) is 4.01. The Labute approximate surface area is 142 Å². The molecule has 5 heteroatoms. The standard InChI is InChI=1S/C18H24ClNO3/c1-17(2,3)23-16(21)20-10-8-18(9-11-20,15-12-22-15)13-4-6-14(19)7-5-13/h4-7,15H,8-12H2,1-3H3. The Morgan fingerprint density at radius 3 is 2.30 bits per heavy atom. The Balaban J connectivity index is 1.72. The third-order valence-corrected chi connectivity index (χ3v) is 4.93. The molecule has 1 atom stereocenters. The van der Waals surface area contributed by atoms with Crippen LogP contribution in [0, 0.1) is 0 Å². The molecule has 1 aromatic carbocycles. The third-order valence-electron chi connectivity index (χ3n) is 4.68. The van der Waals surface area contributed by atoms with Gasteiger partial charge >= 0.3 is 6.09 Å². The van der Waals surface area contributed by atoms with Crippen LogP contribution in [-0.4, -0.2) is 42.4 Å². The van der Waals surface area contributed by atoms with Gasteiger partial charge in [0.15, 0.2) is 0 Å². The zero-order chi connectivity index (χ0) is 16.7. The van der Waals surface area contributed by atoms with Crippen LogP contribution < -0.4 is 0 Å². The van der Waals surface area contributed by atoms with E-state index in [1.165, 1.54) is 5.56 Å². The average Bonchev–Trinajstić information content (AvgIpc) is 3.31. The van der Waals surface area contributed by atoms with Crippen molar-refractivity contribution in [3.8, 4) is 0 Å². The van der Waals surface area contributed by atoms with Gasteiger partial charge in [0.25, 0.3) is 0 Å². The van der Waals surface area contributed by atoms with E-state index < -0.39 is 5.60 Å². The molecule has 2 fully saturated rings. The minimum Gasteiger partial charge on any atom is -0.444 e. The van der Waals surface area contributed by atoms with Gasteiger partial charge in [0.2, 0.25) is 0 Å². The van der Waals surface area contributed by atoms with E-state index in [9.17, 15) is 4.79 Å². The summed E-state index contributed by atoms with van der Waals surface area (Å²) >= 11 is 6.02. The minimum atomic E-state index is -0.457. The highest BCUT2D eigenvalue weighted by atomic mass is 35.5. The molecule has 1 aromatic rings. The quantitative estimate of drug-likeness (QED) is 0.766. The molecule has 2 aliphatic rings. The van der Waals surface area contributed by atoms with Crippen LogP contribution in [0.15, 0.2) is 24.3 Å². The molecule has 0 aromatic heterocycles. The van der Waals surface area contributed by atoms with Gasteiger partial charge in [-0.2, -0.15) is 0 Å². The number of likely N-dealkylation sites (tertiary alicyclic amines) is 1. The molecule has 23 heavy (non-hydrogen) atoms. The Bertz CT molecular complexity index is 567. The molecule has 126 valence electrons. The maximum atomic E-state index is 12.2. The normalized spacial score (nSPS) is 23.5. The molecule has 1 unspecified atom stereocenters. The smallest absolute Gasteiger partial charge is 0.410 e. The Morgan fingerprint density at radius 1 is 1.26 bits per heavy atom. The summed E-state index contributed by atoms with van der Waals surface area (Å²) in [5, 5.41) is 0.742. The van der Waals surface area contributed by atoms with Crippen molar-refractivity contribution in [2.75, 3.05) is 19.7 Å². The summed E-state index contributed by atoms with van der Waals surface area (Å²) in [6.45, 7) is 7.87. The van der Waals surface area contributed by atoms with Gasteiger partial charge in [0.1, 0.15) is 5.60 Å². The summed E-state index contributed by atoms with van der Waals surface area (Å²) in [7, 11) is 0. The number of ether oxygens (including phenoxy) is 2. The summed E-state index contributed by atoms with van der Waals surface area (Å²) in [5.74, 6) is 0. The lowest BCUT2D eigenvalue weighted by Crippen LogP contribution is -2.49. The fourth-order valence-corrected chi connectivity index (χ4v) is 3.49. The van der Waals surface area contributed by atoms with E-state index in [1.807, 2.05) is 37.8 Å². The Morgan fingerprint density at radius 2 is 1.83 bits per heavy atom. The first kappa shape index (κ1) is 16.6. The van der Waals surface area contributed by atoms with Crippen molar-refractivity contribution in [2.24, 2.45) is 0 Å². The zero-order valence-electron chi connectivity index (χ0n) is 14.0. The second-order valence-corrected chi connectivity index (χ2v) is 7.89. The molecule has 0 spiro atoms. The van der Waals surface area contributed by atoms with Gasteiger partial charge in [0, 0.05) is 23.5 Å². The number of halogens is 1. The number of carbonyl (C=O) groups excluding carboxylic acids is 1. The van der Waals surface area contributed by atoms with E-state index in [0.717, 1.165) is 24.5 Å². The molecule has 0 aliphatic carbocycles. The van der Waals surface area contributed by atoms with Crippen molar-refractivity contribution in [3.63, 3.8) is 0 Å². The van der Waals surface area contributed by atoms with E-state index in [4.69, 9.17) is 21.1 Å². The number of rotatable bonds is 2.